The zero-order valence-corrected chi connectivity index (χ0v) is 13.5. The Morgan fingerprint density at radius 2 is 1.71 bits per heavy atom. The Morgan fingerprint density at radius 3 is 2.38 bits per heavy atom. The first-order chi connectivity index (χ1) is 10.1. The molecule has 0 radical (unpaired) electrons. The van der Waals surface area contributed by atoms with Crippen molar-refractivity contribution in [2.45, 2.75) is 77.4 Å². The highest BCUT2D eigenvalue weighted by Gasteiger charge is 2.27. The van der Waals surface area contributed by atoms with Gasteiger partial charge in [0.2, 0.25) is 0 Å². The average Bonchev–Trinajstić information content (AvgIpc) is 2.93. The minimum absolute atomic E-state index is 0.447. The van der Waals surface area contributed by atoms with Gasteiger partial charge in [0.05, 0.1) is 6.10 Å². The van der Waals surface area contributed by atoms with E-state index in [2.05, 4.69) is 43.4 Å². The molecule has 2 aliphatic carbocycles. The predicted molar refractivity (Wildman–Crippen MR) is 89.0 cm³/mol. The van der Waals surface area contributed by atoms with E-state index in [1.165, 1.54) is 57.1 Å². The normalized spacial score (nSPS) is 25.7. The molecule has 116 valence electrons. The summed E-state index contributed by atoms with van der Waals surface area (Å²) in [6.07, 6.45) is 10.8. The molecule has 2 heteroatoms. The van der Waals surface area contributed by atoms with Crippen LogP contribution in [0.2, 0.25) is 0 Å². The molecule has 0 aliphatic heterocycles. The van der Waals surface area contributed by atoms with E-state index in [9.17, 15) is 0 Å². The Labute approximate surface area is 129 Å². The lowest BCUT2D eigenvalue weighted by Crippen LogP contribution is -2.31. The summed E-state index contributed by atoms with van der Waals surface area (Å²) in [6, 6.07) is 9.21. The summed E-state index contributed by atoms with van der Waals surface area (Å²) in [6.45, 7) is 4.78. The molecule has 1 unspecified atom stereocenters. The van der Waals surface area contributed by atoms with Crippen molar-refractivity contribution in [2.24, 2.45) is 5.41 Å². The summed E-state index contributed by atoms with van der Waals surface area (Å²) in [7, 11) is 0. The van der Waals surface area contributed by atoms with Gasteiger partial charge in [0.15, 0.2) is 0 Å². The number of anilines is 1. The molecule has 1 aromatic carbocycles. The predicted octanol–water partition coefficient (Wildman–Crippen LogP) is 5.39. The highest BCUT2D eigenvalue weighted by Crippen LogP contribution is 2.36. The van der Waals surface area contributed by atoms with Crippen LogP contribution in [0.3, 0.4) is 0 Å². The first-order valence-electron chi connectivity index (χ1n) is 8.64. The summed E-state index contributed by atoms with van der Waals surface area (Å²) in [5.41, 5.74) is 1.72. The highest BCUT2D eigenvalue weighted by atomic mass is 16.5. The van der Waals surface area contributed by atoms with E-state index in [1.807, 2.05) is 0 Å². The van der Waals surface area contributed by atoms with Crippen molar-refractivity contribution >= 4 is 5.69 Å². The second-order valence-electron chi connectivity index (χ2n) is 7.65. The van der Waals surface area contributed by atoms with E-state index in [1.54, 1.807) is 0 Å². The zero-order chi connectivity index (χ0) is 14.7. The molecule has 0 spiro atoms. The van der Waals surface area contributed by atoms with E-state index in [0.29, 0.717) is 17.6 Å². The summed E-state index contributed by atoms with van der Waals surface area (Å²) in [5.74, 6) is 1.02. The van der Waals surface area contributed by atoms with Gasteiger partial charge in [0.1, 0.15) is 5.75 Å². The minimum atomic E-state index is 0.447. The van der Waals surface area contributed by atoms with Gasteiger partial charge in [0.25, 0.3) is 0 Å². The summed E-state index contributed by atoms with van der Waals surface area (Å²) < 4.78 is 6.03. The third-order valence-electron chi connectivity index (χ3n) is 5.04. The molecule has 2 saturated carbocycles. The first-order valence-corrected chi connectivity index (χ1v) is 8.64. The van der Waals surface area contributed by atoms with Crippen LogP contribution in [0.25, 0.3) is 0 Å². The molecule has 0 saturated heterocycles. The molecule has 0 amide bonds. The number of benzene rings is 1. The van der Waals surface area contributed by atoms with Crippen molar-refractivity contribution in [3.63, 3.8) is 0 Å². The second kappa shape index (κ2) is 6.29. The van der Waals surface area contributed by atoms with Crippen LogP contribution in [-0.2, 0) is 0 Å². The Morgan fingerprint density at radius 1 is 1.00 bits per heavy atom. The highest BCUT2D eigenvalue weighted by molar-refractivity contribution is 5.47. The van der Waals surface area contributed by atoms with Crippen molar-refractivity contribution in [3.8, 4) is 5.75 Å². The van der Waals surface area contributed by atoms with Gasteiger partial charge in [-0.15, -0.1) is 0 Å². The van der Waals surface area contributed by atoms with Crippen LogP contribution in [0.15, 0.2) is 24.3 Å². The fourth-order valence-corrected chi connectivity index (χ4v) is 3.89. The molecule has 2 aliphatic rings. The number of hydrogen-bond acceptors (Lipinski definition) is 2. The molecule has 2 nitrogen and oxygen atoms in total. The molecule has 0 bridgehead atoms. The molecule has 0 aromatic heterocycles. The van der Waals surface area contributed by atoms with E-state index < -0.39 is 0 Å². The minimum Gasteiger partial charge on any atom is -0.490 e. The number of ether oxygens (including phenoxy) is 1. The maximum atomic E-state index is 6.03. The van der Waals surface area contributed by atoms with Gasteiger partial charge in [0, 0.05) is 11.7 Å². The van der Waals surface area contributed by atoms with Crippen molar-refractivity contribution in [1.82, 2.24) is 0 Å². The Bertz CT molecular complexity index is 445. The summed E-state index contributed by atoms with van der Waals surface area (Å²) in [5, 5.41) is 3.70. The van der Waals surface area contributed by atoms with Gasteiger partial charge in [-0.1, -0.05) is 20.3 Å². The monoisotopic (exact) mass is 287 g/mol. The molecule has 21 heavy (non-hydrogen) atoms. The maximum absolute atomic E-state index is 6.03. The standard InChI is InChI=1S/C19H29NO/c1-19(2)13-5-6-16(14-19)20-15-9-11-18(12-10-15)21-17-7-3-4-8-17/h9-12,16-17,20H,3-8,13-14H2,1-2H3. The number of hydrogen-bond donors (Lipinski definition) is 1. The molecular formula is C19H29NO. The second-order valence-corrected chi connectivity index (χ2v) is 7.65. The number of nitrogens with one attached hydrogen (secondary N) is 1. The van der Waals surface area contributed by atoms with E-state index in [0.717, 1.165) is 5.75 Å². The number of rotatable bonds is 4. The molecule has 1 aromatic rings. The smallest absolute Gasteiger partial charge is 0.119 e. The lowest BCUT2D eigenvalue weighted by atomic mass is 9.75. The summed E-state index contributed by atoms with van der Waals surface area (Å²) >= 11 is 0. The van der Waals surface area contributed by atoms with Gasteiger partial charge in [-0.2, -0.15) is 0 Å². The third kappa shape index (κ3) is 4.15. The third-order valence-corrected chi connectivity index (χ3v) is 5.04. The SMILES string of the molecule is CC1(C)CCCC(Nc2ccc(OC3CCCC3)cc2)C1. The van der Waals surface area contributed by atoms with Gasteiger partial charge < -0.3 is 10.1 Å². The van der Waals surface area contributed by atoms with Crippen LogP contribution in [0.5, 0.6) is 5.75 Å². The van der Waals surface area contributed by atoms with Gasteiger partial charge >= 0.3 is 0 Å². The maximum Gasteiger partial charge on any atom is 0.119 e. The van der Waals surface area contributed by atoms with E-state index in [-0.39, 0.29) is 0 Å². The van der Waals surface area contributed by atoms with Crippen molar-refractivity contribution in [3.05, 3.63) is 24.3 Å². The van der Waals surface area contributed by atoms with Crippen LogP contribution in [0.1, 0.15) is 65.2 Å². The lowest BCUT2D eigenvalue weighted by molar-refractivity contribution is 0.210. The van der Waals surface area contributed by atoms with Gasteiger partial charge in [-0.3, -0.25) is 0 Å². The van der Waals surface area contributed by atoms with Gasteiger partial charge in [-0.05, 0) is 74.6 Å². The van der Waals surface area contributed by atoms with Crippen LogP contribution in [-0.4, -0.2) is 12.1 Å². The van der Waals surface area contributed by atoms with Crippen molar-refractivity contribution in [2.75, 3.05) is 5.32 Å². The summed E-state index contributed by atoms with van der Waals surface area (Å²) in [4.78, 5) is 0. The van der Waals surface area contributed by atoms with Crippen LogP contribution < -0.4 is 10.1 Å². The fraction of sp³-hybridized carbons (Fsp3) is 0.684. The Balaban J connectivity index is 1.54. The van der Waals surface area contributed by atoms with Gasteiger partial charge in [-0.25, -0.2) is 0 Å². The lowest BCUT2D eigenvalue weighted by Gasteiger charge is -2.36. The topological polar surface area (TPSA) is 21.3 Å². The Kier molecular flexibility index (Phi) is 4.42. The fourth-order valence-electron chi connectivity index (χ4n) is 3.89. The quantitative estimate of drug-likeness (QED) is 0.801. The van der Waals surface area contributed by atoms with Crippen LogP contribution in [0.4, 0.5) is 5.69 Å². The van der Waals surface area contributed by atoms with E-state index >= 15 is 0 Å². The largest absolute Gasteiger partial charge is 0.490 e. The molecule has 1 atom stereocenters. The molecular weight excluding hydrogens is 258 g/mol. The average molecular weight is 287 g/mol. The Hall–Kier alpha value is -1.18. The molecule has 3 rings (SSSR count). The van der Waals surface area contributed by atoms with Crippen molar-refractivity contribution in [1.29, 1.82) is 0 Å². The van der Waals surface area contributed by atoms with Crippen LogP contribution >= 0.6 is 0 Å². The molecule has 1 N–H and O–H groups in total. The van der Waals surface area contributed by atoms with E-state index in [4.69, 9.17) is 4.74 Å². The first kappa shape index (κ1) is 14.7. The van der Waals surface area contributed by atoms with Crippen LogP contribution in [0, 0.1) is 5.41 Å². The van der Waals surface area contributed by atoms with Crippen molar-refractivity contribution < 1.29 is 4.74 Å². The molecule has 2 fully saturated rings. The zero-order valence-electron chi connectivity index (χ0n) is 13.5. The molecule has 0 heterocycles.